The summed E-state index contributed by atoms with van der Waals surface area (Å²) in [5.41, 5.74) is 3.86. The van der Waals surface area contributed by atoms with Crippen LogP contribution in [0.3, 0.4) is 0 Å². The Labute approximate surface area is 179 Å². The van der Waals surface area contributed by atoms with E-state index < -0.39 is 0 Å². The van der Waals surface area contributed by atoms with Gasteiger partial charge in [0.25, 0.3) is 11.8 Å². The minimum Gasteiger partial charge on any atom is -0.339 e. The molecular weight excluding hydrogens is 374 g/mol. The van der Waals surface area contributed by atoms with E-state index in [0.717, 1.165) is 43.6 Å². The van der Waals surface area contributed by atoms with Gasteiger partial charge < -0.3 is 15.1 Å². The van der Waals surface area contributed by atoms with Crippen molar-refractivity contribution in [3.63, 3.8) is 0 Å². The minimum absolute atomic E-state index is 0.0361. The number of nitrogens with zero attached hydrogens (tertiary/aromatic N) is 2. The minimum atomic E-state index is 0.0361. The molecule has 0 saturated carbocycles. The van der Waals surface area contributed by atoms with E-state index in [1.165, 1.54) is 5.56 Å². The lowest BCUT2D eigenvalue weighted by molar-refractivity contribution is 0.0625. The van der Waals surface area contributed by atoms with Crippen LogP contribution in [0.2, 0.25) is 0 Å². The van der Waals surface area contributed by atoms with Crippen molar-refractivity contribution >= 4 is 11.8 Å². The SMILES string of the molecule is CCN(CC)C(=O)c1ccc(CN2CC3(CCNCC3)c3ccccc3C2=O)cc1. The zero-order valence-electron chi connectivity index (χ0n) is 18.0. The number of benzene rings is 2. The van der Waals surface area contributed by atoms with Crippen LogP contribution in [0.1, 0.15) is 58.5 Å². The Morgan fingerprint density at radius 3 is 2.37 bits per heavy atom. The van der Waals surface area contributed by atoms with E-state index in [9.17, 15) is 9.59 Å². The number of fused-ring (bicyclic) bond motifs is 2. The van der Waals surface area contributed by atoms with Crippen molar-refractivity contribution in [1.82, 2.24) is 15.1 Å². The monoisotopic (exact) mass is 405 g/mol. The van der Waals surface area contributed by atoms with Gasteiger partial charge in [0.2, 0.25) is 0 Å². The molecule has 1 N–H and O–H groups in total. The molecule has 158 valence electrons. The first-order chi connectivity index (χ1) is 14.6. The van der Waals surface area contributed by atoms with Crippen LogP contribution in [0.15, 0.2) is 48.5 Å². The average molecular weight is 406 g/mol. The van der Waals surface area contributed by atoms with E-state index in [2.05, 4.69) is 17.4 Å². The molecule has 0 radical (unpaired) electrons. The molecule has 2 aromatic rings. The van der Waals surface area contributed by atoms with E-state index in [4.69, 9.17) is 0 Å². The molecular formula is C25H31N3O2. The molecule has 2 aliphatic rings. The summed E-state index contributed by atoms with van der Waals surface area (Å²) in [5, 5.41) is 3.46. The van der Waals surface area contributed by atoms with Gasteiger partial charge in [-0.2, -0.15) is 0 Å². The smallest absolute Gasteiger partial charge is 0.254 e. The lowest BCUT2D eigenvalue weighted by Crippen LogP contribution is -2.53. The van der Waals surface area contributed by atoms with E-state index in [0.29, 0.717) is 25.2 Å². The number of nitrogens with one attached hydrogen (secondary N) is 1. The van der Waals surface area contributed by atoms with Crippen molar-refractivity contribution < 1.29 is 9.59 Å². The molecule has 1 spiro atoms. The van der Waals surface area contributed by atoms with Crippen molar-refractivity contribution in [3.8, 4) is 0 Å². The van der Waals surface area contributed by atoms with Crippen LogP contribution >= 0.6 is 0 Å². The molecule has 2 heterocycles. The Morgan fingerprint density at radius 2 is 1.70 bits per heavy atom. The summed E-state index contributed by atoms with van der Waals surface area (Å²) in [6, 6.07) is 15.9. The maximum atomic E-state index is 13.2. The third kappa shape index (κ3) is 3.74. The van der Waals surface area contributed by atoms with Gasteiger partial charge >= 0.3 is 0 Å². The van der Waals surface area contributed by atoms with Gasteiger partial charge in [0.05, 0.1) is 0 Å². The normalized spacial score (nSPS) is 17.7. The van der Waals surface area contributed by atoms with Crippen LogP contribution in [0, 0.1) is 0 Å². The Bertz CT molecular complexity index is 912. The third-order valence-electron chi connectivity index (χ3n) is 6.70. The summed E-state index contributed by atoms with van der Waals surface area (Å²) in [7, 11) is 0. The predicted molar refractivity (Wildman–Crippen MR) is 119 cm³/mol. The van der Waals surface area contributed by atoms with Crippen LogP contribution in [0.4, 0.5) is 0 Å². The zero-order valence-corrected chi connectivity index (χ0v) is 18.0. The largest absolute Gasteiger partial charge is 0.339 e. The zero-order chi connectivity index (χ0) is 21.1. The summed E-state index contributed by atoms with van der Waals surface area (Å²) < 4.78 is 0. The topological polar surface area (TPSA) is 52.7 Å². The Kier molecular flexibility index (Phi) is 5.91. The third-order valence-corrected chi connectivity index (χ3v) is 6.70. The van der Waals surface area contributed by atoms with Crippen LogP contribution in [0.25, 0.3) is 0 Å². The summed E-state index contributed by atoms with van der Waals surface area (Å²) in [4.78, 5) is 29.6. The number of carbonyl (C=O) groups is 2. The van der Waals surface area contributed by atoms with E-state index in [-0.39, 0.29) is 17.2 Å². The first kappa shape index (κ1) is 20.6. The first-order valence-electron chi connectivity index (χ1n) is 11.1. The molecule has 2 aromatic carbocycles. The summed E-state index contributed by atoms with van der Waals surface area (Å²) in [5.74, 6) is 0.168. The molecule has 0 aromatic heterocycles. The lowest BCUT2D eigenvalue weighted by atomic mass is 9.69. The van der Waals surface area contributed by atoms with E-state index >= 15 is 0 Å². The van der Waals surface area contributed by atoms with Gasteiger partial charge in [-0.25, -0.2) is 0 Å². The molecule has 30 heavy (non-hydrogen) atoms. The van der Waals surface area contributed by atoms with Gasteiger partial charge in [0.1, 0.15) is 0 Å². The standard InChI is InChI=1S/C25H31N3O2/c1-3-27(4-2)23(29)20-11-9-19(10-12-20)17-28-18-25(13-15-26-16-14-25)22-8-6-5-7-21(22)24(28)30/h5-12,26H,3-4,13-18H2,1-2H3. The number of hydrogen-bond donors (Lipinski definition) is 1. The Morgan fingerprint density at radius 1 is 1.03 bits per heavy atom. The highest BCUT2D eigenvalue weighted by Crippen LogP contribution is 2.40. The van der Waals surface area contributed by atoms with Gasteiger partial charge in [-0.1, -0.05) is 30.3 Å². The van der Waals surface area contributed by atoms with Crippen LogP contribution in [-0.2, 0) is 12.0 Å². The first-order valence-corrected chi connectivity index (χ1v) is 11.1. The molecule has 1 saturated heterocycles. The number of hydrogen-bond acceptors (Lipinski definition) is 3. The highest BCUT2D eigenvalue weighted by Gasteiger charge is 2.43. The van der Waals surface area contributed by atoms with Crippen LogP contribution in [0.5, 0.6) is 0 Å². The summed E-state index contributed by atoms with van der Waals surface area (Å²) in [6.07, 6.45) is 2.09. The van der Waals surface area contributed by atoms with Gasteiger partial charge in [-0.05, 0) is 69.1 Å². The average Bonchev–Trinajstić information content (AvgIpc) is 2.79. The van der Waals surface area contributed by atoms with Gasteiger partial charge in [-0.3, -0.25) is 9.59 Å². The van der Waals surface area contributed by atoms with Crippen LogP contribution < -0.4 is 5.32 Å². The molecule has 0 unspecified atom stereocenters. The Hall–Kier alpha value is -2.66. The van der Waals surface area contributed by atoms with E-state index in [1.807, 2.05) is 60.0 Å². The highest BCUT2D eigenvalue weighted by molar-refractivity contribution is 5.97. The lowest BCUT2D eigenvalue weighted by Gasteiger charge is -2.46. The van der Waals surface area contributed by atoms with Crippen molar-refractivity contribution in [2.75, 3.05) is 32.7 Å². The molecule has 2 amide bonds. The highest BCUT2D eigenvalue weighted by atomic mass is 16.2. The van der Waals surface area contributed by atoms with Crippen LogP contribution in [-0.4, -0.2) is 54.3 Å². The van der Waals surface area contributed by atoms with Crippen molar-refractivity contribution in [1.29, 1.82) is 0 Å². The second kappa shape index (κ2) is 8.60. The van der Waals surface area contributed by atoms with Crippen molar-refractivity contribution in [2.45, 2.75) is 38.6 Å². The van der Waals surface area contributed by atoms with Gasteiger partial charge in [-0.15, -0.1) is 0 Å². The summed E-state index contributed by atoms with van der Waals surface area (Å²) >= 11 is 0. The second-order valence-electron chi connectivity index (χ2n) is 8.41. The van der Waals surface area contributed by atoms with E-state index in [1.54, 1.807) is 0 Å². The van der Waals surface area contributed by atoms with Crippen molar-refractivity contribution in [2.24, 2.45) is 0 Å². The summed E-state index contributed by atoms with van der Waals surface area (Å²) in [6.45, 7) is 8.69. The quantitative estimate of drug-likeness (QED) is 0.829. The maximum absolute atomic E-state index is 13.2. The fourth-order valence-corrected chi connectivity index (χ4v) is 4.95. The van der Waals surface area contributed by atoms with Gasteiger partial charge in [0.15, 0.2) is 0 Å². The van der Waals surface area contributed by atoms with Crippen molar-refractivity contribution in [3.05, 3.63) is 70.8 Å². The number of rotatable bonds is 5. The molecule has 4 rings (SSSR count). The van der Waals surface area contributed by atoms with Gasteiger partial charge in [0, 0.05) is 42.7 Å². The molecule has 0 atom stereocenters. The molecule has 5 nitrogen and oxygen atoms in total. The number of piperidine rings is 1. The fraction of sp³-hybridized carbons (Fsp3) is 0.440. The number of carbonyl (C=O) groups excluding carboxylic acids is 2. The maximum Gasteiger partial charge on any atom is 0.254 e. The number of amides is 2. The fourth-order valence-electron chi connectivity index (χ4n) is 4.95. The molecule has 5 heteroatoms. The molecule has 2 aliphatic heterocycles. The Balaban J connectivity index is 1.56. The second-order valence-corrected chi connectivity index (χ2v) is 8.41. The predicted octanol–water partition coefficient (Wildman–Crippen LogP) is 3.45. The molecule has 0 bridgehead atoms. The molecule has 0 aliphatic carbocycles. The molecule has 1 fully saturated rings.